The first kappa shape index (κ1) is 23.4. The molecular formula is C23H26N3O6S2-. The smallest absolute Gasteiger partial charge is 0.407 e. The molecule has 2 atom stereocenters. The maximum absolute atomic E-state index is 13.0. The third kappa shape index (κ3) is 4.37. The number of thiophene rings is 1. The summed E-state index contributed by atoms with van der Waals surface area (Å²) in [5, 5.41) is 11.6. The number of carbonyl (C=O) groups excluding carboxylic acids is 1. The van der Waals surface area contributed by atoms with Gasteiger partial charge in [0.15, 0.2) is 0 Å². The van der Waals surface area contributed by atoms with Crippen molar-refractivity contribution in [1.29, 1.82) is 0 Å². The van der Waals surface area contributed by atoms with Gasteiger partial charge in [-0.15, -0.1) is 11.3 Å². The van der Waals surface area contributed by atoms with Crippen LogP contribution in [0.3, 0.4) is 0 Å². The number of hydrogen-bond acceptors (Lipinski definition) is 7. The standard InChI is InChI=1S/C23H27N3O6S2/c1-14(34(30)31)15-2-3-17(24-12-15)13-25-20(27)18-10-16-11-22(4-5-22)32-23(19(16)33-18)6-8-26(9-7-23)21(28)29/h2-3,10,12,14H,4-9,11,13H2,1H3,(H,25,27)(H,28,29)(H,30,31)/p-1. The van der Waals surface area contributed by atoms with Crippen LogP contribution in [0.4, 0.5) is 4.79 Å². The Labute approximate surface area is 203 Å². The van der Waals surface area contributed by atoms with E-state index in [1.54, 1.807) is 19.1 Å². The zero-order valence-corrected chi connectivity index (χ0v) is 20.4. The Morgan fingerprint density at radius 3 is 2.65 bits per heavy atom. The zero-order valence-electron chi connectivity index (χ0n) is 18.7. The van der Waals surface area contributed by atoms with Gasteiger partial charge in [0.1, 0.15) is 5.60 Å². The van der Waals surface area contributed by atoms with Gasteiger partial charge in [0.25, 0.3) is 5.91 Å². The van der Waals surface area contributed by atoms with Crippen LogP contribution in [0.5, 0.6) is 0 Å². The molecule has 0 aromatic carbocycles. The predicted octanol–water partition coefficient (Wildman–Crippen LogP) is 3.09. The molecule has 0 bridgehead atoms. The quantitative estimate of drug-likeness (QED) is 0.598. The molecule has 5 rings (SSSR count). The van der Waals surface area contributed by atoms with Crippen molar-refractivity contribution in [3.05, 3.63) is 51.0 Å². The maximum Gasteiger partial charge on any atom is 0.407 e. The fourth-order valence-electron chi connectivity index (χ4n) is 4.86. The molecular weight excluding hydrogens is 478 g/mol. The Morgan fingerprint density at radius 2 is 2.06 bits per heavy atom. The number of piperidine rings is 1. The molecule has 2 aromatic heterocycles. The Bertz CT molecular complexity index is 1140. The number of ether oxygens (including phenoxy) is 1. The minimum Gasteiger partial charge on any atom is -0.772 e. The molecule has 2 amide bonds. The van der Waals surface area contributed by atoms with Crippen molar-refractivity contribution in [2.24, 2.45) is 0 Å². The first-order chi connectivity index (χ1) is 16.2. The van der Waals surface area contributed by atoms with Crippen LogP contribution >= 0.6 is 11.3 Å². The molecule has 1 saturated heterocycles. The minimum absolute atomic E-state index is 0.163. The molecule has 3 aliphatic rings. The number of pyridine rings is 1. The van der Waals surface area contributed by atoms with Crippen molar-refractivity contribution in [2.45, 2.75) is 62.0 Å². The van der Waals surface area contributed by atoms with Gasteiger partial charge in [-0.2, -0.15) is 0 Å². The highest BCUT2D eigenvalue weighted by molar-refractivity contribution is 7.79. The Hall–Kier alpha value is -2.34. The van der Waals surface area contributed by atoms with Gasteiger partial charge in [0.2, 0.25) is 0 Å². The minimum atomic E-state index is -2.21. The largest absolute Gasteiger partial charge is 0.772 e. The lowest BCUT2D eigenvalue weighted by atomic mass is 9.83. The number of hydrogen-bond donors (Lipinski definition) is 2. The Kier molecular flexibility index (Phi) is 5.99. The molecule has 2 unspecified atom stereocenters. The van der Waals surface area contributed by atoms with Crippen molar-refractivity contribution < 1.29 is 28.2 Å². The lowest BCUT2D eigenvalue weighted by Gasteiger charge is -2.46. The third-order valence-electron chi connectivity index (χ3n) is 7.06. The summed E-state index contributed by atoms with van der Waals surface area (Å²) < 4.78 is 28.9. The molecule has 2 aromatic rings. The summed E-state index contributed by atoms with van der Waals surface area (Å²) in [6.07, 6.45) is 4.58. The zero-order chi connectivity index (χ0) is 24.1. The normalized spacial score (nSPS) is 21.6. The second-order valence-electron chi connectivity index (χ2n) is 9.36. The fraction of sp³-hybridized carbons (Fsp3) is 0.522. The van der Waals surface area contributed by atoms with E-state index in [-0.39, 0.29) is 18.1 Å². The summed E-state index contributed by atoms with van der Waals surface area (Å²) in [4.78, 5) is 31.7. The van der Waals surface area contributed by atoms with Crippen molar-refractivity contribution in [3.8, 4) is 0 Å². The van der Waals surface area contributed by atoms with Gasteiger partial charge in [-0.25, -0.2) is 4.79 Å². The number of carboxylic acid groups (broad SMARTS) is 1. The molecule has 11 heteroatoms. The van der Waals surface area contributed by atoms with Crippen LogP contribution in [0.2, 0.25) is 0 Å². The van der Waals surface area contributed by atoms with Crippen LogP contribution in [-0.2, 0) is 34.4 Å². The van der Waals surface area contributed by atoms with Crippen LogP contribution in [-0.4, -0.2) is 54.4 Å². The van der Waals surface area contributed by atoms with Crippen molar-refractivity contribution >= 4 is 34.4 Å². The highest BCUT2D eigenvalue weighted by Crippen LogP contribution is 2.57. The maximum atomic E-state index is 13.0. The molecule has 2 spiro atoms. The van der Waals surface area contributed by atoms with Gasteiger partial charge in [0.05, 0.1) is 22.7 Å². The molecule has 1 saturated carbocycles. The van der Waals surface area contributed by atoms with Gasteiger partial charge in [-0.1, -0.05) is 6.07 Å². The third-order valence-corrected chi connectivity index (χ3v) is 9.27. The number of fused-ring (bicyclic) bond motifs is 2. The predicted molar refractivity (Wildman–Crippen MR) is 124 cm³/mol. The van der Waals surface area contributed by atoms with E-state index in [1.807, 2.05) is 6.07 Å². The fourth-order valence-corrected chi connectivity index (χ4v) is 6.50. The summed E-state index contributed by atoms with van der Waals surface area (Å²) in [5.41, 5.74) is 1.70. The summed E-state index contributed by atoms with van der Waals surface area (Å²) >= 11 is -0.772. The van der Waals surface area contributed by atoms with Crippen molar-refractivity contribution in [1.82, 2.24) is 15.2 Å². The van der Waals surface area contributed by atoms with E-state index in [0.29, 0.717) is 42.1 Å². The number of nitrogens with zero attached hydrogens (tertiary/aromatic N) is 2. The lowest BCUT2D eigenvalue weighted by Crippen LogP contribution is -2.50. The average Bonchev–Trinajstić information content (AvgIpc) is 3.40. The van der Waals surface area contributed by atoms with Crippen LogP contribution in [0.1, 0.15) is 69.2 Å². The van der Waals surface area contributed by atoms with E-state index < -0.39 is 28.0 Å². The Morgan fingerprint density at radius 1 is 1.32 bits per heavy atom. The van der Waals surface area contributed by atoms with Gasteiger partial charge >= 0.3 is 6.09 Å². The number of nitrogens with one attached hydrogen (secondary N) is 1. The van der Waals surface area contributed by atoms with E-state index in [4.69, 9.17) is 4.74 Å². The number of amides is 2. The van der Waals surface area contributed by atoms with E-state index in [1.165, 1.54) is 22.4 Å². The molecule has 182 valence electrons. The summed E-state index contributed by atoms with van der Waals surface area (Å²) in [5.74, 6) is -0.192. The number of carbonyl (C=O) groups is 2. The number of likely N-dealkylation sites (tertiary alicyclic amines) is 1. The van der Waals surface area contributed by atoms with Crippen LogP contribution in [0.25, 0.3) is 0 Å². The van der Waals surface area contributed by atoms with Crippen molar-refractivity contribution in [3.63, 3.8) is 0 Å². The highest BCUT2D eigenvalue weighted by atomic mass is 32.2. The van der Waals surface area contributed by atoms with E-state index in [9.17, 15) is 23.5 Å². The number of aromatic nitrogens is 1. The van der Waals surface area contributed by atoms with Crippen LogP contribution in [0.15, 0.2) is 24.4 Å². The first-order valence-corrected chi connectivity index (χ1v) is 13.3. The molecule has 0 radical (unpaired) electrons. The molecule has 9 nitrogen and oxygen atoms in total. The molecule has 2 N–H and O–H groups in total. The summed E-state index contributed by atoms with van der Waals surface area (Å²) in [7, 11) is 0. The van der Waals surface area contributed by atoms with Crippen LogP contribution < -0.4 is 5.32 Å². The topological polar surface area (TPSA) is 132 Å². The molecule has 2 fully saturated rings. The van der Waals surface area contributed by atoms with Gasteiger partial charge in [0, 0.05) is 35.8 Å². The van der Waals surface area contributed by atoms with Crippen molar-refractivity contribution in [2.75, 3.05) is 13.1 Å². The Balaban J connectivity index is 1.30. The monoisotopic (exact) mass is 504 g/mol. The van der Waals surface area contributed by atoms with E-state index in [2.05, 4.69) is 10.3 Å². The second-order valence-corrected chi connectivity index (χ2v) is 11.6. The van der Waals surface area contributed by atoms with E-state index >= 15 is 0 Å². The van der Waals surface area contributed by atoms with Gasteiger partial charge < -0.3 is 24.6 Å². The van der Waals surface area contributed by atoms with Crippen LogP contribution in [0, 0.1) is 0 Å². The van der Waals surface area contributed by atoms with E-state index in [0.717, 1.165) is 29.7 Å². The molecule has 4 heterocycles. The summed E-state index contributed by atoms with van der Waals surface area (Å²) in [6.45, 7) is 2.67. The SMILES string of the molecule is CC(c1ccc(CNC(=O)c2cc3c(s2)C2(CCN(C(=O)O)CC2)OC2(CC2)C3)nc1)S(=O)[O-]. The molecule has 2 aliphatic heterocycles. The highest BCUT2D eigenvalue weighted by Gasteiger charge is 2.56. The molecule has 1 aliphatic carbocycles. The lowest BCUT2D eigenvalue weighted by molar-refractivity contribution is -0.147. The average molecular weight is 505 g/mol. The number of rotatable bonds is 5. The first-order valence-electron chi connectivity index (χ1n) is 11.3. The van der Waals surface area contributed by atoms with Gasteiger partial charge in [-0.05, 0) is 66.9 Å². The summed E-state index contributed by atoms with van der Waals surface area (Å²) in [6, 6.07) is 5.39. The van der Waals surface area contributed by atoms with Gasteiger partial charge in [-0.3, -0.25) is 14.0 Å². The second kappa shape index (κ2) is 8.71. The molecule has 34 heavy (non-hydrogen) atoms.